The zero-order valence-corrected chi connectivity index (χ0v) is 12.2. The van der Waals surface area contributed by atoms with E-state index in [1.54, 1.807) is 36.8 Å². The summed E-state index contributed by atoms with van der Waals surface area (Å²) in [5.74, 6) is 0.971. The van der Waals surface area contributed by atoms with Crippen molar-refractivity contribution in [3.8, 4) is 11.8 Å². The number of nitrogens with one attached hydrogen (secondary N) is 1. The van der Waals surface area contributed by atoms with Gasteiger partial charge in [-0.2, -0.15) is 5.10 Å². The highest BCUT2D eigenvalue weighted by Gasteiger charge is 2.15. The van der Waals surface area contributed by atoms with E-state index in [1.807, 2.05) is 12.1 Å². The van der Waals surface area contributed by atoms with Crippen LogP contribution in [0.2, 0.25) is 0 Å². The van der Waals surface area contributed by atoms with Crippen LogP contribution in [0.25, 0.3) is 0 Å². The lowest BCUT2D eigenvalue weighted by molar-refractivity contribution is -0.116. The molecule has 7 nitrogen and oxygen atoms in total. The zero-order valence-electron chi connectivity index (χ0n) is 11.3. The maximum absolute atomic E-state index is 11.0. The summed E-state index contributed by atoms with van der Waals surface area (Å²) in [5.41, 5.74) is 0.861. The average molecular weight is 313 g/mol. The molecule has 0 atom stereocenters. The molecular weight excluding hydrogens is 302 g/mol. The largest absolute Gasteiger partial charge is 0.424 e. The molecule has 2 aromatic rings. The first-order chi connectivity index (χ1) is 10.8. The molecule has 1 N–H and O–H groups in total. The van der Waals surface area contributed by atoms with Crippen LogP contribution in [-0.2, 0) is 4.79 Å². The van der Waals surface area contributed by atoms with Crippen molar-refractivity contribution in [2.45, 2.75) is 0 Å². The van der Waals surface area contributed by atoms with Crippen LogP contribution < -0.4 is 10.1 Å². The van der Waals surface area contributed by atoms with Gasteiger partial charge in [0, 0.05) is 12.4 Å². The van der Waals surface area contributed by atoms with Gasteiger partial charge in [0.25, 0.3) is 0 Å². The number of thioether (sulfide) groups is 1. The normalized spacial score (nSPS) is 16.2. The lowest BCUT2D eigenvalue weighted by Crippen LogP contribution is -2.19. The molecule has 0 saturated carbocycles. The summed E-state index contributed by atoms with van der Waals surface area (Å²) in [7, 11) is 0. The van der Waals surface area contributed by atoms with Gasteiger partial charge in [0.15, 0.2) is 5.17 Å². The van der Waals surface area contributed by atoms with Crippen molar-refractivity contribution in [1.82, 2.24) is 15.3 Å². The molecule has 0 spiro atoms. The Balaban J connectivity index is 1.61. The van der Waals surface area contributed by atoms with Crippen LogP contribution in [0.4, 0.5) is 0 Å². The van der Waals surface area contributed by atoms with Crippen molar-refractivity contribution in [3.05, 3.63) is 48.3 Å². The molecular formula is C14H11N5O2S. The van der Waals surface area contributed by atoms with Gasteiger partial charge in [0.2, 0.25) is 5.91 Å². The minimum Gasteiger partial charge on any atom is -0.424 e. The van der Waals surface area contributed by atoms with Crippen molar-refractivity contribution in [2.24, 2.45) is 10.2 Å². The number of amides is 1. The molecule has 1 aliphatic rings. The molecule has 110 valence electrons. The lowest BCUT2D eigenvalue weighted by atomic mass is 10.2. The standard InChI is InChI=1S/C14H11N5O2S/c20-12-9-22-14(18-12)19-17-8-10-2-4-11(5-3-10)21-13-15-6-1-7-16-13/h1-8H,9H2,(H,18,19,20). The van der Waals surface area contributed by atoms with Gasteiger partial charge in [0.1, 0.15) is 5.75 Å². The fourth-order valence-corrected chi connectivity index (χ4v) is 2.22. The molecule has 1 aromatic carbocycles. The highest BCUT2D eigenvalue weighted by atomic mass is 32.2. The number of ether oxygens (including phenoxy) is 1. The third kappa shape index (κ3) is 3.89. The van der Waals surface area contributed by atoms with E-state index >= 15 is 0 Å². The highest BCUT2D eigenvalue weighted by Crippen LogP contribution is 2.17. The van der Waals surface area contributed by atoms with E-state index in [1.165, 1.54) is 11.8 Å². The first-order valence-corrected chi connectivity index (χ1v) is 7.37. The number of benzene rings is 1. The minimum atomic E-state index is -0.0522. The van der Waals surface area contributed by atoms with Crippen molar-refractivity contribution >= 4 is 29.1 Å². The Bertz CT molecular complexity index is 716. The first-order valence-electron chi connectivity index (χ1n) is 6.38. The van der Waals surface area contributed by atoms with Crippen LogP contribution in [0.5, 0.6) is 11.8 Å². The number of carbonyl (C=O) groups excluding carboxylic acids is 1. The number of nitrogens with zero attached hydrogens (tertiary/aromatic N) is 4. The van der Waals surface area contributed by atoms with Gasteiger partial charge in [-0.15, -0.1) is 5.10 Å². The minimum absolute atomic E-state index is 0.0522. The molecule has 1 saturated heterocycles. The van der Waals surface area contributed by atoms with E-state index in [2.05, 4.69) is 25.5 Å². The van der Waals surface area contributed by atoms with Crippen LogP contribution in [0, 0.1) is 0 Å². The Kier molecular flexibility index (Phi) is 4.40. The summed E-state index contributed by atoms with van der Waals surface area (Å²) in [6.45, 7) is 0. The topological polar surface area (TPSA) is 88.8 Å². The molecule has 2 heterocycles. The SMILES string of the molecule is O=C1CSC(=NN=Cc2ccc(Oc3ncccn3)cc2)N1. The summed E-state index contributed by atoms with van der Waals surface area (Å²) in [5, 5.41) is 11.0. The summed E-state index contributed by atoms with van der Waals surface area (Å²) in [6.07, 6.45) is 4.82. The van der Waals surface area contributed by atoms with E-state index in [-0.39, 0.29) is 5.91 Å². The molecule has 0 aliphatic carbocycles. The maximum Gasteiger partial charge on any atom is 0.321 e. The Hall–Kier alpha value is -2.74. The lowest BCUT2D eigenvalue weighted by Gasteiger charge is -2.02. The predicted molar refractivity (Wildman–Crippen MR) is 84.2 cm³/mol. The van der Waals surface area contributed by atoms with Crippen LogP contribution in [-0.4, -0.2) is 33.0 Å². The summed E-state index contributed by atoms with van der Waals surface area (Å²) in [4.78, 5) is 18.9. The fourth-order valence-electron chi connectivity index (χ4n) is 1.59. The Morgan fingerprint density at radius 3 is 2.68 bits per heavy atom. The number of amidine groups is 1. The molecule has 1 amide bonds. The quantitative estimate of drug-likeness (QED) is 0.687. The summed E-state index contributed by atoms with van der Waals surface area (Å²) < 4.78 is 5.49. The second-order valence-electron chi connectivity index (χ2n) is 4.19. The second kappa shape index (κ2) is 6.81. The third-order valence-corrected chi connectivity index (χ3v) is 3.44. The molecule has 3 rings (SSSR count). The van der Waals surface area contributed by atoms with Crippen LogP contribution in [0.3, 0.4) is 0 Å². The number of aromatic nitrogens is 2. The van der Waals surface area contributed by atoms with E-state index in [0.29, 0.717) is 22.7 Å². The molecule has 1 aliphatic heterocycles. The smallest absolute Gasteiger partial charge is 0.321 e. The van der Waals surface area contributed by atoms with E-state index in [9.17, 15) is 4.79 Å². The fraction of sp³-hybridized carbons (Fsp3) is 0.0714. The van der Waals surface area contributed by atoms with Crippen molar-refractivity contribution in [2.75, 3.05) is 5.75 Å². The summed E-state index contributed by atoms with van der Waals surface area (Å²) in [6, 6.07) is 9.27. The predicted octanol–water partition coefficient (Wildman–Crippen LogP) is 1.82. The van der Waals surface area contributed by atoms with Gasteiger partial charge in [-0.25, -0.2) is 9.97 Å². The molecule has 0 unspecified atom stereocenters. The monoisotopic (exact) mass is 313 g/mol. The molecule has 1 fully saturated rings. The van der Waals surface area contributed by atoms with Crippen LogP contribution in [0.15, 0.2) is 52.9 Å². The number of hydrogen-bond donors (Lipinski definition) is 1. The zero-order chi connectivity index (χ0) is 15.2. The molecule has 8 heteroatoms. The highest BCUT2D eigenvalue weighted by molar-refractivity contribution is 8.15. The Labute approximate surface area is 130 Å². The van der Waals surface area contributed by atoms with Crippen molar-refractivity contribution < 1.29 is 9.53 Å². The average Bonchev–Trinajstić information content (AvgIpc) is 2.96. The van der Waals surface area contributed by atoms with Gasteiger partial charge in [-0.05, 0) is 35.9 Å². The second-order valence-corrected chi connectivity index (χ2v) is 5.15. The van der Waals surface area contributed by atoms with Gasteiger partial charge in [0.05, 0.1) is 12.0 Å². The van der Waals surface area contributed by atoms with Gasteiger partial charge in [-0.3, -0.25) is 4.79 Å². The molecule has 1 aromatic heterocycles. The van der Waals surface area contributed by atoms with E-state index < -0.39 is 0 Å². The summed E-state index contributed by atoms with van der Waals surface area (Å²) >= 11 is 1.33. The van der Waals surface area contributed by atoms with Crippen molar-refractivity contribution in [3.63, 3.8) is 0 Å². The number of hydrogen-bond acceptors (Lipinski definition) is 7. The van der Waals surface area contributed by atoms with Crippen molar-refractivity contribution in [1.29, 1.82) is 0 Å². The number of rotatable bonds is 4. The third-order valence-electron chi connectivity index (χ3n) is 2.57. The first kappa shape index (κ1) is 14.2. The molecule has 0 bridgehead atoms. The Morgan fingerprint density at radius 2 is 2.00 bits per heavy atom. The van der Waals surface area contributed by atoms with E-state index in [4.69, 9.17) is 4.74 Å². The van der Waals surface area contributed by atoms with Gasteiger partial charge < -0.3 is 10.1 Å². The molecule has 22 heavy (non-hydrogen) atoms. The maximum atomic E-state index is 11.0. The Morgan fingerprint density at radius 1 is 1.23 bits per heavy atom. The van der Waals surface area contributed by atoms with Gasteiger partial charge in [-0.1, -0.05) is 11.8 Å². The van der Waals surface area contributed by atoms with Gasteiger partial charge >= 0.3 is 6.01 Å². The van der Waals surface area contributed by atoms with Crippen LogP contribution in [0.1, 0.15) is 5.56 Å². The van der Waals surface area contributed by atoms with Crippen LogP contribution >= 0.6 is 11.8 Å². The molecule has 0 radical (unpaired) electrons. The van der Waals surface area contributed by atoms with E-state index in [0.717, 1.165) is 5.56 Å². The number of carbonyl (C=O) groups is 1.